The summed E-state index contributed by atoms with van der Waals surface area (Å²) in [7, 11) is 3.32. The smallest absolute Gasteiger partial charge is 0.127 e. The van der Waals surface area contributed by atoms with Crippen LogP contribution in [0.15, 0.2) is 41.0 Å². The number of halogens is 1. The van der Waals surface area contributed by atoms with Gasteiger partial charge in [-0.25, -0.2) is 0 Å². The van der Waals surface area contributed by atoms with Gasteiger partial charge in [0, 0.05) is 34.9 Å². The first-order chi connectivity index (χ1) is 10.1. The van der Waals surface area contributed by atoms with Gasteiger partial charge in [0.2, 0.25) is 0 Å². The minimum Gasteiger partial charge on any atom is -0.497 e. The fourth-order valence-corrected chi connectivity index (χ4v) is 2.29. The van der Waals surface area contributed by atoms with E-state index in [1.807, 2.05) is 30.3 Å². The highest BCUT2D eigenvalue weighted by atomic mass is 79.9. The number of ether oxygens (including phenoxy) is 2. The average Bonchev–Trinajstić information content (AvgIpc) is 2.53. The first-order valence-electron chi connectivity index (χ1n) is 6.69. The van der Waals surface area contributed by atoms with Gasteiger partial charge in [-0.2, -0.15) is 0 Å². The van der Waals surface area contributed by atoms with E-state index < -0.39 is 0 Å². The molecule has 0 aliphatic rings. The number of pyridine rings is 1. The number of nitrogens with zero attached hydrogens (tertiary/aromatic N) is 1. The Morgan fingerprint density at radius 3 is 2.62 bits per heavy atom. The summed E-state index contributed by atoms with van der Waals surface area (Å²) >= 11 is 3.38. The monoisotopic (exact) mass is 350 g/mol. The minimum atomic E-state index is 0.149. The summed E-state index contributed by atoms with van der Waals surface area (Å²) in [5, 5.41) is 3.45. The van der Waals surface area contributed by atoms with Crippen LogP contribution in [0.4, 0.5) is 0 Å². The van der Waals surface area contributed by atoms with Crippen LogP contribution in [-0.2, 0) is 6.54 Å². The second-order valence-electron chi connectivity index (χ2n) is 4.68. The van der Waals surface area contributed by atoms with Gasteiger partial charge in [0.1, 0.15) is 11.5 Å². The number of hydrogen-bond donors (Lipinski definition) is 1. The van der Waals surface area contributed by atoms with E-state index in [1.165, 1.54) is 0 Å². The summed E-state index contributed by atoms with van der Waals surface area (Å²) in [6.07, 6.45) is 1.80. The Morgan fingerprint density at radius 2 is 2.00 bits per heavy atom. The molecule has 1 unspecified atom stereocenters. The summed E-state index contributed by atoms with van der Waals surface area (Å²) in [5.41, 5.74) is 2.09. The molecular weight excluding hydrogens is 332 g/mol. The van der Waals surface area contributed by atoms with Crippen LogP contribution in [0.25, 0.3) is 0 Å². The summed E-state index contributed by atoms with van der Waals surface area (Å²) in [4.78, 5) is 4.35. The third kappa shape index (κ3) is 4.19. The highest BCUT2D eigenvalue weighted by molar-refractivity contribution is 9.10. The van der Waals surface area contributed by atoms with Crippen molar-refractivity contribution in [1.29, 1.82) is 0 Å². The van der Waals surface area contributed by atoms with Crippen molar-refractivity contribution < 1.29 is 9.47 Å². The van der Waals surface area contributed by atoms with E-state index in [0.717, 1.165) is 27.2 Å². The van der Waals surface area contributed by atoms with Crippen LogP contribution in [0.2, 0.25) is 0 Å². The standard InChI is InChI=1S/C16H19BrN2O2/c1-11(18-10-13-5-4-12(17)9-19-13)15-7-6-14(20-2)8-16(15)21-3/h4-9,11,18H,10H2,1-3H3. The minimum absolute atomic E-state index is 0.149. The number of hydrogen-bond acceptors (Lipinski definition) is 4. The van der Waals surface area contributed by atoms with Crippen molar-refractivity contribution >= 4 is 15.9 Å². The topological polar surface area (TPSA) is 43.4 Å². The van der Waals surface area contributed by atoms with Gasteiger partial charge in [0.05, 0.1) is 19.9 Å². The van der Waals surface area contributed by atoms with E-state index in [1.54, 1.807) is 20.4 Å². The Kier molecular flexibility index (Phi) is 5.59. The van der Waals surface area contributed by atoms with Gasteiger partial charge in [-0.15, -0.1) is 0 Å². The molecule has 1 atom stereocenters. The average molecular weight is 351 g/mol. The zero-order valence-electron chi connectivity index (χ0n) is 12.4. The quantitative estimate of drug-likeness (QED) is 0.862. The first-order valence-corrected chi connectivity index (χ1v) is 7.49. The molecule has 0 aliphatic carbocycles. The Balaban J connectivity index is 2.05. The second kappa shape index (κ2) is 7.43. The number of nitrogens with one attached hydrogen (secondary N) is 1. The van der Waals surface area contributed by atoms with Gasteiger partial charge in [-0.1, -0.05) is 6.07 Å². The fourth-order valence-electron chi connectivity index (χ4n) is 2.05. The van der Waals surface area contributed by atoms with Gasteiger partial charge in [0.25, 0.3) is 0 Å². The van der Waals surface area contributed by atoms with Gasteiger partial charge in [-0.3, -0.25) is 4.98 Å². The molecule has 1 aromatic carbocycles. The van der Waals surface area contributed by atoms with Crippen molar-refractivity contribution in [1.82, 2.24) is 10.3 Å². The Labute approximate surface area is 133 Å². The SMILES string of the molecule is COc1ccc(C(C)NCc2ccc(Br)cn2)c(OC)c1. The molecule has 1 heterocycles. The molecule has 0 amide bonds. The van der Waals surface area contributed by atoms with Crippen LogP contribution in [-0.4, -0.2) is 19.2 Å². The maximum absolute atomic E-state index is 5.43. The van der Waals surface area contributed by atoms with Crippen LogP contribution >= 0.6 is 15.9 Å². The van der Waals surface area contributed by atoms with E-state index in [2.05, 4.69) is 33.2 Å². The second-order valence-corrected chi connectivity index (χ2v) is 5.59. The number of rotatable bonds is 6. The highest BCUT2D eigenvalue weighted by Crippen LogP contribution is 2.29. The molecule has 0 bridgehead atoms. The van der Waals surface area contributed by atoms with Crippen molar-refractivity contribution in [2.24, 2.45) is 0 Å². The van der Waals surface area contributed by atoms with Crippen molar-refractivity contribution in [2.45, 2.75) is 19.5 Å². The molecule has 5 heteroatoms. The lowest BCUT2D eigenvalue weighted by atomic mass is 10.1. The molecule has 0 saturated heterocycles. The largest absolute Gasteiger partial charge is 0.497 e. The number of aromatic nitrogens is 1. The van der Waals surface area contributed by atoms with E-state index in [9.17, 15) is 0 Å². The molecule has 0 saturated carbocycles. The number of methoxy groups -OCH3 is 2. The van der Waals surface area contributed by atoms with Gasteiger partial charge in [-0.05, 0) is 41.1 Å². The van der Waals surface area contributed by atoms with Crippen LogP contribution in [0.3, 0.4) is 0 Å². The van der Waals surface area contributed by atoms with Crippen LogP contribution < -0.4 is 14.8 Å². The molecule has 2 aromatic rings. The Hall–Kier alpha value is -1.59. The third-order valence-electron chi connectivity index (χ3n) is 3.29. The summed E-state index contributed by atoms with van der Waals surface area (Å²) < 4.78 is 11.6. The molecule has 1 N–H and O–H groups in total. The maximum Gasteiger partial charge on any atom is 0.127 e. The summed E-state index contributed by atoms with van der Waals surface area (Å²) in [6, 6.07) is 9.98. The van der Waals surface area contributed by atoms with Crippen molar-refractivity contribution in [3.05, 3.63) is 52.3 Å². The molecular formula is C16H19BrN2O2. The Bertz CT molecular complexity index is 587. The Morgan fingerprint density at radius 1 is 1.19 bits per heavy atom. The molecule has 0 radical (unpaired) electrons. The van der Waals surface area contributed by atoms with E-state index in [0.29, 0.717) is 6.54 Å². The van der Waals surface area contributed by atoms with Crippen molar-refractivity contribution in [3.63, 3.8) is 0 Å². The van der Waals surface area contributed by atoms with Gasteiger partial charge >= 0.3 is 0 Å². The third-order valence-corrected chi connectivity index (χ3v) is 3.75. The maximum atomic E-state index is 5.43. The molecule has 1 aromatic heterocycles. The predicted octanol–water partition coefficient (Wildman–Crippen LogP) is 3.71. The highest BCUT2D eigenvalue weighted by Gasteiger charge is 2.12. The zero-order chi connectivity index (χ0) is 15.2. The molecule has 21 heavy (non-hydrogen) atoms. The van der Waals surface area contributed by atoms with E-state index >= 15 is 0 Å². The lowest BCUT2D eigenvalue weighted by Gasteiger charge is -2.18. The molecule has 0 aliphatic heterocycles. The van der Waals surface area contributed by atoms with E-state index in [-0.39, 0.29) is 6.04 Å². The molecule has 4 nitrogen and oxygen atoms in total. The van der Waals surface area contributed by atoms with Gasteiger partial charge in [0.15, 0.2) is 0 Å². The van der Waals surface area contributed by atoms with Crippen molar-refractivity contribution in [2.75, 3.05) is 14.2 Å². The lowest BCUT2D eigenvalue weighted by molar-refractivity contribution is 0.385. The van der Waals surface area contributed by atoms with Crippen LogP contribution in [0.5, 0.6) is 11.5 Å². The van der Waals surface area contributed by atoms with Crippen LogP contribution in [0, 0.1) is 0 Å². The lowest BCUT2D eigenvalue weighted by Crippen LogP contribution is -2.19. The summed E-state index contributed by atoms with van der Waals surface area (Å²) in [6.45, 7) is 2.80. The molecule has 2 rings (SSSR count). The summed E-state index contributed by atoms with van der Waals surface area (Å²) in [5.74, 6) is 1.61. The van der Waals surface area contributed by atoms with Gasteiger partial charge < -0.3 is 14.8 Å². The predicted molar refractivity (Wildman–Crippen MR) is 86.7 cm³/mol. The molecule has 112 valence electrons. The van der Waals surface area contributed by atoms with Crippen LogP contribution in [0.1, 0.15) is 24.2 Å². The normalized spacial score (nSPS) is 12.0. The van der Waals surface area contributed by atoms with Crippen molar-refractivity contribution in [3.8, 4) is 11.5 Å². The number of benzene rings is 1. The first kappa shape index (κ1) is 15.8. The molecule has 0 fully saturated rings. The zero-order valence-corrected chi connectivity index (χ0v) is 14.0. The molecule has 0 spiro atoms. The fraction of sp³-hybridized carbons (Fsp3) is 0.312. The van der Waals surface area contributed by atoms with E-state index in [4.69, 9.17) is 9.47 Å².